The third kappa shape index (κ3) is 3.55. The number of fused-ring (bicyclic) bond motifs is 4. The Labute approximate surface area is 238 Å². The predicted octanol–water partition coefficient (Wildman–Crippen LogP) is 7.96. The highest BCUT2D eigenvalue weighted by Gasteiger charge is 2.76. The number of allylic oxidation sites excluding steroid dienone is 2. The van der Waals surface area contributed by atoms with Crippen molar-refractivity contribution in [2.75, 3.05) is 0 Å². The molecule has 0 bridgehead atoms. The van der Waals surface area contributed by atoms with Gasteiger partial charge in [0.25, 0.3) is 0 Å². The molecule has 228 valence electrons. The van der Waals surface area contributed by atoms with E-state index in [1.54, 1.807) is 6.08 Å². The lowest BCUT2D eigenvalue weighted by atomic mass is 9.32. The van der Waals surface area contributed by atoms with Crippen LogP contribution in [-0.2, 0) is 23.8 Å². The first-order chi connectivity index (χ1) is 18.1. The zero-order valence-electron chi connectivity index (χ0n) is 25.3. The van der Waals surface area contributed by atoms with E-state index < -0.39 is 26.8 Å². The molecule has 1 aliphatic heterocycles. The maximum Gasteiger partial charge on any atom is 0.534 e. The Hall–Kier alpha value is -0.800. The molecule has 5 nitrogen and oxygen atoms in total. The summed E-state index contributed by atoms with van der Waals surface area (Å²) >= 11 is 0. The number of rotatable bonds is 2. The van der Waals surface area contributed by atoms with Gasteiger partial charge in [-0.2, -0.15) is 21.6 Å². The van der Waals surface area contributed by atoms with Gasteiger partial charge in [0.15, 0.2) is 5.79 Å². The van der Waals surface area contributed by atoms with Crippen LogP contribution in [0.5, 0.6) is 0 Å². The monoisotopic (exact) mass is 588 g/mol. The van der Waals surface area contributed by atoms with Gasteiger partial charge >= 0.3 is 15.6 Å². The van der Waals surface area contributed by atoms with Crippen molar-refractivity contribution in [3.05, 3.63) is 11.8 Å². The minimum atomic E-state index is -5.76. The van der Waals surface area contributed by atoms with Crippen molar-refractivity contribution in [3.8, 4) is 0 Å². The first-order valence-electron chi connectivity index (χ1n) is 15.2. The summed E-state index contributed by atoms with van der Waals surface area (Å²) in [6.07, 6.45) is 9.59. The van der Waals surface area contributed by atoms with Gasteiger partial charge in [-0.25, -0.2) is 0 Å². The molecule has 0 N–H and O–H groups in total. The second-order valence-corrected chi connectivity index (χ2v) is 17.6. The Morgan fingerprint density at radius 2 is 1.52 bits per heavy atom. The average molecular weight is 589 g/mol. The fourth-order valence-corrected chi connectivity index (χ4v) is 12.4. The molecule has 9 heteroatoms. The molecule has 0 radical (unpaired) electrons. The van der Waals surface area contributed by atoms with Crippen LogP contribution in [0, 0.1) is 50.7 Å². The summed E-state index contributed by atoms with van der Waals surface area (Å²) in [5.41, 5.74) is -6.69. The lowest BCUT2D eigenvalue weighted by Crippen LogP contribution is -2.72. The van der Waals surface area contributed by atoms with Gasteiger partial charge in [-0.05, 0) is 99.4 Å². The summed E-state index contributed by atoms with van der Waals surface area (Å²) in [5.74, 6) is 0.404. The summed E-state index contributed by atoms with van der Waals surface area (Å²) in [6.45, 7) is 17.4. The van der Waals surface area contributed by atoms with Gasteiger partial charge < -0.3 is 13.7 Å². The highest BCUT2D eigenvalue weighted by molar-refractivity contribution is 7.87. The summed E-state index contributed by atoms with van der Waals surface area (Å²) in [7, 11) is -5.76. The van der Waals surface area contributed by atoms with Gasteiger partial charge in [0, 0.05) is 16.2 Å². The number of hydrogen-bond acceptors (Lipinski definition) is 5. The molecule has 10 atom stereocenters. The molecule has 6 aliphatic rings. The third-order valence-electron chi connectivity index (χ3n) is 13.7. The maximum atomic E-state index is 13.3. The van der Waals surface area contributed by atoms with Crippen LogP contribution in [-0.4, -0.2) is 31.9 Å². The van der Waals surface area contributed by atoms with Gasteiger partial charge in [0.05, 0.1) is 12.2 Å². The second kappa shape index (κ2) is 8.22. The van der Waals surface area contributed by atoms with Crippen molar-refractivity contribution >= 4 is 10.1 Å². The summed E-state index contributed by atoms with van der Waals surface area (Å²) in [4.78, 5) is 0. The normalized spacial score (nSPS) is 51.0. The zero-order valence-corrected chi connectivity index (χ0v) is 26.1. The Bertz CT molecular complexity index is 1230. The zero-order chi connectivity index (χ0) is 29.5. The van der Waals surface area contributed by atoms with Crippen molar-refractivity contribution in [2.24, 2.45) is 50.7 Å². The first kappa shape index (κ1) is 29.3. The van der Waals surface area contributed by atoms with Gasteiger partial charge in [-0.3, -0.25) is 0 Å². The number of alkyl halides is 3. The quantitative estimate of drug-likeness (QED) is 0.242. The summed E-state index contributed by atoms with van der Waals surface area (Å²) in [5, 5.41) is 0. The van der Waals surface area contributed by atoms with Crippen LogP contribution < -0.4 is 0 Å². The summed E-state index contributed by atoms with van der Waals surface area (Å²) in [6, 6.07) is 0. The van der Waals surface area contributed by atoms with E-state index in [9.17, 15) is 21.6 Å². The van der Waals surface area contributed by atoms with E-state index in [0.717, 1.165) is 19.3 Å². The number of ether oxygens (including phenoxy) is 2. The molecule has 1 heterocycles. The summed E-state index contributed by atoms with van der Waals surface area (Å²) < 4.78 is 82.9. The second-order valence-electron chi connectivity index (χ2n) is 16.0. The van der Waals surface area contributed by atoms with Crippen molar-refractivity contribution in [3.63, 3.8) is 0 Å². The van der Waals surface area contributed by atoms with E-state index in [2.05, 4.69) is 27.7 Å². The molecular weight excluding hydrogens is 541 g/mol. The SMILES string of the molecule is CC1(C)OC2CC3C(C)(C)C(OS(=O)(=O)C(F)(F)F)=CCC3(C)C3CCC4[C@H]5CCCC5(C)C[C@H](O1)[C@@]4(C)C23C. The van der Waals surface area contributed by atoms with Crippen molar-refractivity contribution in [1.82, 2.24) is 0 Å². The lowest BCUT2D eigenvalue weighted by molar-refractivity contribution is -0.277. The van der Waals surface area contributed by atoms with E-state index in [4.69, 9.17) is 13.7 Å². The largest absolute Gasteiger partial charge is 0.534 e. The van der Waals surface area contributed by atoms with E-state index >= 15 is 0 Å². The van der Waals surface area contributed by atoms with Crippen LogP contribution in [0.1, 0.15) is 107 Å². The van der Waals surface area contributed by atoms with Crippen LogP contribution in [0.4, 0.5) is 13.2 Å². The molecular formula is C31H47F3O5S. The molecule has 0 aromatic carbocycles. The standard InChI is InChI=1S/C31H47F3O5S/c1-25(2)21-16-23-30(8)20(28(21,6)15-13-22(25)39-40(35,36)31(32,33)34)12-11-19-18-10-9-14-27(18,5)17-24(29(19,30)7)38-26(3,4)37-23/h13,18-21,23-24H,9-12,14-17H2,1-8H3/t18-,19?,20?,21?,23?,24+,27?,28?,29+,30?/m1/s1. The first-order valence-corrected chi connectivity index (χ1v) is 16.6. The Morgan fingerprint density at radius 1 is 0.875 bits per heavy atom. The van der Waals surface area contributed by atoms with E-state index in [1.807, 2.05) is 27.7 Å². The van der Waals surface area contributed by atoms with Crippen LogP contribution in [0.2, 0.25) is 0 Å². The van der Waals surface area contributed by atoms with Crippen LogP contribution in [0.15, 0.2) is 11.8 Å². The van der Waals surface area contributed by atoms with Gasteiger partial charge in [-0.15, -0.1) is 0 Å². The minimum absolute atomic E-state index is 0.0627. The molecule has 5 aliphatic carbocycles. The fourth-order valence-electron chi connectivity index (χ4n) is 11.8. The van der Waals surface area contributed by atoms with Crippen LogP contribution >= 0.6 is 0 Å². The molecule has 6 rings (SSSR count). The molecule has 4 saturated carbocycles. The molecule has 0 aromatic heterocycles. The van der Waals surface area contributed by atoms with Crippen molar-refractivity contribution < 1.29 is 35.2 Å². The van der Waals surface area contributed by atoms with E-state index in [0.29, 0.717) is 24.7 Å². The molecule has 0 aromatic rings. The predicted molar refractivity (Wildman–Crippen MR) is 145 cm³/mol. The number of halogens is 3. The Morgan fingerprint density at radius 3 is 2.17 bits per heavy atom. The minimum Gasteiger partial charge on any atom is -0.380 e. The van der Waals surface area contributed by atoms with Gasteiger partial charge in [0.1, 0.15) is 5.76 Å². The average Bonchev–Trinajstić information content (AvgIpc) is 3.16. The maximum absolute atomic E-state index is 13.3. The van der Waals surface area contributed by atoms with Crippen LogP contribution in [0.3, 0.4) is 0 Å². The van der Waals surface area contributed by atoms with Gasteiger partial charge in [0.2, 0.25) is 0 Å². The Balaban J connectivity index is 1.47. The topological polar surface area (TPSA) is 61.8 Å². The highest BCUT2D eigenvalue weighted by atomic mass is 32.2. The molecule has 1 saturated heterocycles. The number of hydrogen-bond donors (Lipinski definition) is 0. The van der Waals surface area contributed by atoms with E-state index in [1.165, 1.54) is 19.3 Å². The van der Waals surface area contributed by atoms with E-state index in [-0.39, 0.29) is 51.5 Å². The van der Waals surface area contributed by atoms with Gasteiger partial charge in [-0.1, -0.05) is 48.0 Å². The molecule has 0 spiro atoms. The lowest BCUT2D eigenvalue weighted by Gasteiger charge is -2.73. The third-order valence-corrected chi connectivity index (χ3v) is 14.6. The molecule has 7 unspecified atom stereocenters. The van der Waals surface area contributed by atoms with Crippen molar-refractivity contribution in [1.29, 1.82) is 0 Å². The van der Waals surface area contributed by atoms with Crippen molar-refractivity contribution in [2.45, 2.75) is 130 Å². The Kier molecular flexibility index (Phi) is 6.02. The highest BCUT2D eigenvalue weighted by Crippen LogP contribution is 2.78. The molecule has 40 heavy (non-hydrogen) atoms. The fraction of sp³-hybridized carbons (Fsp3) is 0.935. The van der Waals surface area contributed by atoms with Crippen LogP contribution in [0.25, 0.3) is 0 Å². The smallest absolute Gasteiger partial charge is 0.380 e. The molecule has 0 amide bonds. The molecule has 5 fully saturated rings.